The SMILES string of the molecule is COc1cc(OC)c(Cl)c(-c2cc3cnc(NCC4CCOCC4)nc3n(CCOC3CN(C(=O)/C=C/CN(C)C)C3)c2=O)c1. The number of hydrogen-bond donors (Lipinski definition) is 1. The van der Waals surface area contributed by atoms with Gasteiger partial charge in [-0.25, -0.2) is 4.98 Å². The van der Waals surface area contributed by atoms with Gasteiger partial charge in [-0.3, -0.25) is 14.2 Å². The summed E-state index contributed by atoms with van der Waals surface area (Å²) < 4.78 is 24.1. The molecule has 13 heteroatoms. The fourth-order valence-corrected chi connectivity index (χ4v) is 5.66. The molecule has 3 aromatic rings. The number of carbonyl (C=O) groups excluding carboxylic acids is 1. The number of methoxy groups -OCH3 is 2. The number of fused-ring (bicyclic) bond motifs is 1. The van der Waals surface area contributed by atoms with Gasteiger partial charge in [-0.2, -0.15) is 4.98 Å². The van der Waals surface area contributed by atoms with Crippen molar-refractivity contribution < 1.29 is 23.7 Å². The molecule has 0 saturated carbocycles. The summed E-state index contributed by atoms with van der Waals surface area (Å²) in [4.78, 5) is 39.5. The first-order valence-corrected chi connectivity index (χ1v) is 15.5. The van der Waals surface area contributed by atoms with Crippen molar-refractivity contribution in [1.82, 2.24) is 24.3 Å². The smallest absolute Gasteiger partial charge is 0.260 e. The van der Waals surface area contributed by atoms with Crippen LogP contribution < -0.4 is 20.3 Å². The zero-order valence-electron chi connectivity index (χ0n) is 26.3. The summed E-state index contributed by atoms with van der Waals surface area (Å²) in [5.74, 6) is 1.79. The van der Waals surface area contributed by atoms with Crippen LogP contribution in [-0.2, 0) is 20.8 Å². The minimum atomic E-state index is -0.283. The number of aromatic nitrogens is 3. The van der Waals surface area contributed by atoms with Gasteiger partial charge in [0.25, 0.3) is 5.56 Å². The van der Waals surface area contributed by atoms with Gasteiger partial charge in [0, 0.05) is 74.2 Å². The van der Waals surface area contributed by atoms with Gasteiger partial charge in [0.05, 0.1) is 38.5 Å². The molecule has 2 fully saturated rings. The highest BCUT2D eigenvalue weighted by Crippen LogP contribution is 2.38. The van der Waals surface area contributed by atoms with Gasteiger partial charge in [0.1, 0.15) is 17.1 Å². The minimum Gasteiger partial charge on any atom is -0.497 e. The number of nitrogens with zero attached hydrogens (tertiary/aromatic N) is 5. The van der Waals surface area contributed by atoms with E-state index in [2.05, 4.69) is 10.3 Å². The van der Waals surface area contributed by atoms with Crippen molar-refractivity contribution in [2.24, 2.45) is 5.92 Å². The Balaban J connectivity index is 1.38. The maximum Gasteiger partial charge on any atom is 0.260 e. The van der Waals surface area contributed by atoms with Gasteiger partial charge in [0.2, 0.25) is 11.9 Å². The van der Waals surface area contributed by atoms with Gasteiger partial charge in [-0.1, -0.05) is 17.7 Å². The number of nitrogens with one attached hydrogen (secondary N) is 1. The van der Waals surface area contributed by atoms with Crippen LogP contribution in [0.2, 0.25) is 5.02 Å². The highest BCUT2D eigenvalue weighted by Gasteiger charge is 2.30. The summed E-state index contributed by atoms with van der Waals surface area (Å²) in [5, 5.41) is 4.31. The van der Waals surface area contributed by atoms with Crippen molar-refractivity contribution in [2.45, 2.75) is 25.5 Å². The molecule has 0 unspecified atom stereocenters. The van der Waals surface area contributed by atoms with E-state index in [-0.39, 0.29) is 30.7 Å². The molecule has 0 spiro atoms. The van der Waals surface area contributed by atoms with Gasteiger partial charge >= 0.3 is 0 Å². The van der Waals surface area contributed by atoms with Crippen LogP contribution in [0.25, 0.3) is 22.2 Å². The maximum absolute atomic E-state index is 14.1. The first kappa shape index (κ1) is 32.7. The van der Waals surface area contributed by atoms with Crippen LogP contribution in [0.4, 0.5) is 5.95 Å². The third-order valence-corrected chi connectivity index (χ3v) is 8.42. The molecule has 0 aliphatic carbocycles. The molecular formula is C32H41ClN6O6. The molecule has 5 rings (SSSR count). The maximum atomic E-state index is 14.1. The first-order valence-electron chi connectivity index (χ1n) is 15.1. The molecule has 12 nitrogen and oxygen atoms in total. The summed E-state index contributed by atoms with van der Waals surface area (Å²) >= 11 is 6.70. The Bertz CT molecular complexity index is 1580. The summed E-state index contributed by atoms with van der Waals surface area (Å²) in [5.41, 5.74) is 1.04. The second kappa shape index (κ2) is 15.0. The van der Waals surface area contributed by atoms with E-state index in [0.717, 1.165) is 32.6 Å². The minimum absolute atomic E-state index is 0.0327. The van der Waals surface area contributed by atoms with Crippen LogP contribution in [-0.4, -0.2) is 111 Å². The van der Waals surface area contributed by atoms with Gasteiger partial charge in [-0.15, -0.1) is 0 Å². The zero-order valence-corrected chi connectivity index (χ0v) is 27.0. The van der Waals surface area contributed by atoms with E-state index in [4.69, 9.17) is 35.5 Å². The summed E-state index contributed by atoms with van der Waals surface area (Å²) in [7, 11) is 6.95. The van der Waals surface area contributed by atoms with Crippen LogP contribution >= 0.6 is 11.6 Å². The van der Waals surface area contributed by atoms with Crippen LogP contribution in [0.15, 0.2) is 41.3 Å². The van der Waals surface area contributed by atoms with E-state index >= 15 is 0 Å². The molecule has 4 heterocycles. The lowest BCUT2D eigenvalue weighted by Gasteiger charge is -2.38. The van der Waals surface area contributed by atoms with E-state index in [1.807, 2.05) is 25.1 Å². The summed E-state index contributed by atoms with van der Waals surface area (Å²) in [6.07, 6.45) is 7.00. The normalized spacial score (nSPS) is 16.0. The molecule has 2 saturated heterocycles. The Hall–Kier alpha value is -3.71. The molecule has 1 aromatic carbocycles. The van der Waals surface area contributed by atoms with E-state index < -0.39 is 0 Å². The Kier molecular flexibility index (Phi) is 10.9. The molecule has 2 aliphatic rings. The fourth-order valence-electron chi connectivity index (χ4n) is 5.37. The molecule has 242 valence electrons. The second-order valence-corrected chi connectivity index (χ2v) is 11.9. The topological polar surface area (TPSA) is 120 Å². The largest absolute Gasteiger partial charge is 0.497 e. The number of rotatable bonds is 13. The zero-order chi connectivity index (χ0) is 31.9. The predicted molar refractivity (Wildman–Crippen MR) is 173 cm³/mol. The molecule has 0 atom stereocenters. The number of carbonyl (C=O) groups is 1. The summed E-state index contributed by atoms with van der Waals surface area (Å²) in [6.45, 7) is 4.43. The number of benzene rings is 1. The van der Waals surface area contributed by atoms with E-state index in [1.165, 1.54) is 7.11 Å². The molecule has 2 aliphatic heterocycles. The second-order valence-electron chi connectivity index (χ2n) is 11.5. The van der Waals surface area contributed by atoms with Gasteiger partial charge in [0.15, 0.2) is 0 Å². The molecule has 0 bridgehead atoms. The van der Waals surface area contributed by atoms with Crippen molar-refractivity contribution in [3.8, 4) is 22.6 Å². The predicted octanol–water partition coefficient (Wildman–Crippen LogP) is 3.31. The molecule has 1 N–H and O–H groups in total. The highest BCUT2D eigenvalue weighted by molar-refractivity contribution is 6.35. The van der Waals surface area contributed by atoms with Crippen LogP contribution in [0, 0.1) is 5.92 Å². The van der Waals surface area contributed by atoms with E-state index in [0.29, 0.717) is 70.2 Å². The Morgan fingerprint density at radius 2 is 1.93 bits per heavy atom. The van der Waals surface area contributed by atoms with Crippen molar-refractivity contribution in [1.29, 1.82) is 0 Å². The molecular weight excluding hydrogens is 600 g/mol. The number of pyridine rings is 1. The molecule has 1 amide bonds. The average Bonchev–Trinajstić information content (AvgIpc) is 3.02. The number of hydrogen-bond acceptors (Lipinski definition) is 10. The van der Waals surface area contributed by atoms with Crippen LogP contribution in [0.5, 0.6) is 11.5 Å². The third kappa shape index (κ3) is 7.93. The number of amides is 1. The number of anilines is 1. The monoisotopic (exact) mass is 640 g/mol. The number of halogens is 1. The third-order valence-electron chi connectivity index (χ3n) is 8.03. The lowest BCUT2D eigenvalue weighted by atomic mass is 10.0. The van der Waals surface area contributed by atoms with Crippen molar-refractivity contribution in [3.63, 3.8) is 0 Å². The standard InChI is InChI=1S/C32H41ClN6O6/c1-37(2)9-5-6-28(40)38-19-24(20-38)45-13-10-39-30-22(18-35-32(36-30)34-17-21-7-11-44-12-8-21)14-26(31(39)41)25-15-23(42-3)16-27(43-4)29(25)33/h5-6,14-16,18,21,24H,7-13,17,19-20H2,1-4H3,(H,34,35,36)/b6-5+. The van der Waals surface area contributed by atoms with Crippen molar-refractivity contribution in [3.05, 3.63) is 51.9 Å². The highest BCUT2D eigenvalue weighted by atomic mass is 35.5. The van der Waals surface area contributed by atoms with Crippen molar-refractivity contribution in [2.75, 3.05) is 79.6 Å². The Labute approximate surface area is 267 Å². The Morgan fingerprint density at radius 3 is 2.64 bits per heavy atom. The number of ether oxygens (including phenoxy) is 4. The summed E-state index contributed by atoms with van der Waals surface area (Å²) in [6, 6.07) is 5.13. The van der Waals surface area contributed by atoms with Gasteiger partial charge < -0.3 is 34.1 Å². The number of likely N-dealkylation sites (N-methyl/N-ethyl adjacent to an activating group) is 1. The fraction of sp³-hybridized carbons (Fsp3) is 0.500. The first-order chi connectivity index (χ1) is 21.8. The number of likely N-dealkylation sites (tertiary alicyclic amines) is 1. The van der Waals surface area contributed by atoms with Gasteiger partial charge in [-0.05, 0) is 45.0 Å². The Morgan fingerprint density at radius 1 is 1.16 bits per heavy atom. The molecule has 0 radical (unpaired) electrons. The quantitative estimate of drug-likeness (QED) is 0.279. The van der Waals surface area contributed by atoms with E-state index in [1.54, 1.807) is 47.0 Å². The van der Waals surface area contributed by atoms with Crippen LogP contribution in [0.3, 0.4) is 0 Å². The molecule has 2 aromatic heterocycles. The lowest BCUT2D eigenvalue weighted by molar-refractivity contribution is -0.139. The lowest BCUT2D eigenvalue weighted by Crippen LogP contribution is -2.54. The molecule has 45 heavy (non-hydrogen) atoms. The van der Waals surface area contributed by atoms with Crippen LogP contribution in [0.1, 0.15) is 12.8 Å². The van der Waals surface area contributed by atoms with Crippen molar-refractivity contribution >= 4 is 34.5 Å². The van der Waals surface area contributed by atoms with E-state index in [9.17, 15) is 9.59 Å². The average molecular weight is 641 g/mol.